The van der Waals surface area contributed by atoms with E-state index in [9.17, 15) is 0 Å². The standard InChI is InChI=1S/C11H16ClN3/c1-2-9-5-3-4-6-15(9)11-7-10(12)13-8-14-11/h7-9H,2-6H2,1H3/t9-/m0/s1. The van der Waals surface area contributed by atoms with Gasteiger partial charge in [0.25, 0.3) is 0 Å². The van der Waals surface area contributed by atoms with Crippen LogP contribution < -0.4 is 4.90 Å². The topological polar surface area (TPSA) is 29.0 Å². The molecular weight excluding hydrogens is 210 g/mol. The smallest absolute Gasteiger partial charge is 0.134 e. The quantitative estimate of drug-likeness (QED) is 0.725. The minimum Gasteiger partial charge on any atom is -0.354 e. The van der Waals surface area contributed by atoms with E-state index in [0.717, 1.165) is 12.4 Å². The molecule has 2 rings (SSSR count). The summed E-state index contributed by atoms with van der Waals surface area (Å²) in [5.41, 5.74) is 0. The summed E-state index contributed by atoms with van der Waals surface area (Å²) >= 11 is 5.88. The highest BCUT2D eigenvalue weighted by Gasteiger charge is 2.21. The van der Waals surface area contributed by atoms with Gasteiger partial charge in [0.15, 0.2) is 0 Å². The lowest BCUT2D eigenvalue weighted by atomic mass is 10.0. The second-order valence-electron chi connectivity index (χ2n) is 3.95. The number of rotatable bonds is 2. The summed E-state index contributed by atoms with van der Waals surface area (Å²) in [5.74, 6) is 0.974. The molecule has 2 heterocycles. The highest BCUT2D eigenvalue weighted by Crippen LogP contribution is 2.25. The van der Waals surface area contributed by atoms with Gasteiger partial charge in [-0.25, -0.2) is 9.97 Å². The van der Waals surface area contributed by atoms with Crippen molar-refractivity contribution >= 4 is 17.4 Å². The van der Waals surface area contributed by atoms with Gasteiger partial charge in [0.1, 0.15) is 17.3 Å². The number of anilines is 1. The molecule has 1 aromatic rings. The van der Waals surface area contributed by atoms with Crippen LogP contribution in [0.15, 0.2) is 12.4 Å². The molecule has 1 atom stereocenters. The van der Waals surface area contributed by atoms with Crippen molar-refractivity contribution in [3.8, 4) is 0 Å². The van der Waals surface area contributed by atoms with Crippen molar-refractivity contribution < 1.29 is 0 Å². The van der Waals surface area contributed by atoms with Crippen LogP contribution in [0.3, 0.4) is 0 Å². The SMILES string of the molecule is CC[C@H]1CCCCN1c1cc(Cl)ncn1. The molecule has 1 fully saturated rings. The maximum atomic E-state index is 5.88. The maximum Gasteiger partial charge on any atom is 0.134 e. The van der Waals surface area contributed by atoms with E-state index in [1.165, 1.54) is 25.7 Å². The highest BCUT2D eigenvalue weighted by molar-refractivity contribution is 6.29. The molecule has 0 bridgehead atoms. The molecule has 0 aromatic carbocycles. The van der Waals surface area contributed by atoms with Crippen LogP contribution in [-0.4, -0.2) is 22.6 Å². The summed E-state index contributed by atoms with van der Waals surface area (Å²) in [6, 6.07) is 2.47. The number of nitrogens with zero attached hydrogens (tertiary/aromatic N) is 3. The fourth-order valence-corrected chi connectivity index (χ4v) is 2.35. The van der Waals surface area contributed by atoms with Gasteiger partial charge >= 0.3 is 0 Å². The zero-order valence-corrected chi connectivity index (χ0v) is 9.74. The van der Waals surface area contributed by atoms with Gasteiger partial charge in [-0.3, -0.25) is 0 Å². The zero-order valence-electron chi connectivity index (χ0n) is 8.99. The van der Waals surface area contributed by atoms with Gasteiger partial charge in [0, 0.05) is 18.7 Å². The fourth-order valence-electron chi connectivity index (χ4n) is 2.21. The van der Waals surface area contributed by atoms with Crippen molar-refractivity contribution in [2.75, 3.05) is 11.4 Å². The van der Waals surface area contributed by atoms with Crippen LogP contribution in [0.4, 0.5) is 5.82 Å². The zero-order chi connectivity index (χ0) is 10.7. The Hall–Kier alpha value is -0.830. The van der Waals surface area contributed by atoms with Crippen molar-refractivity contribution in [1.29, 1.82) is 0 Å². The Kier molecular flexibility index (Phi) is 3.41. The molecule has 4 heteroatoms. The minimum atomic E-state index is 0.528. The van der Waals surface area contributed by atoms with Crippen LogP contribution in [-0.2, 0) is 0 Å². The van der Waals surface area contributed by atoms with Crippen molar-refractivity contribution in [2.24, 2.45) is 0 Å². The Morgan fingerprint density at radius 3 is 3.07 bits per heavy atom. The Labute approximate surface area is 95.5 Å². The second kappa shape index (κ2) is 4.79. The van der Waals surface area contributed by atoms with Gasteiger partial charge in [-0.05, 0) is 25.7 Å². The van der Waals surface area contributed by atoms with Gasteiger partial charge < -0.3 is 4.90 Å². The molecular formula is C11H16ClN3. The van der Waals surface area contributed by atoms with E-state index >= 15 is 0 Å². The van der Waals surface area contributed by atoms with Crippen LogP contribution in [0.2, 0.25) is 5.15 Å². The maximum absolute atomic E-state index is 5.88. The Morgan fingerprint density at radius 2 is 2.33 bits per heavy atom. The molecule has 0 radical (unpaired) electrons. The summed E-state index contributed by atoms with van der Waals surface area (Å²) in [4.78, 5) is 10.6. The number of piperidine rings is 1. The van der Waals surface area contributed by atoms with E-state index in [1.54, 1.807) is 6.33 Å². The molecule has 0 saturated carbocycles. The molecule has 15 heavy (non-hydrogen) atoms. The monoisotopic (exact) mass is 225 g/mol. The summed E-state index contributed by atoms with van der Waals surface area (Å²) in [6.07, 6.45) is 6.55. The first-order valence-corrected chi connectivity index (χ1v) is 5.93. The molecule has 0 spiro atoms. The lowest BCUT2D eigenvalue weighted by molar-refractivity contribution is 0.446. The van der Waals surface area contributed by atoms with E-state index in [2.05, 4.69) is 21.8 Å². The number of hydrogen-bond donors (Lipinski definition) is 0. The van der Waals surface area contributed by atoms with Crippen LogP contribution in [0.5, 0.6) is 0 Å². The third-order valence-corrected chi connectivity index (χ3v) is 3.22. The Balaban J connectivity index is 2.20. The van der Waals surface area contributed by atoms with Crippen LogP contribution in [0.25, 0.3) is 0 Å². The van der Waals surface area contributed by atoms with Crippen molar-refractivity contribution in [3.05, 3.63) is 17.5 Å². The molecule has 0 unspecified atom stereocenters. The van der Waals surface area contributed by atoms with E-state index in [1.807, 2.05) is 6.07 Å². The molecule has 1 aliphatic rings. The van der Waals surface area contributed by atoms with E-state index in [-0.39, 0.29) is 0 Å². The Morgan fingerprint density at radius 1 is 1.47 bits per heavy atom. The largest absolute Gasteiger partial charge is 0.354 e. The van der Waals surface area contributed by atoms with Crippen LogP contribution in [0.1, 0.15) is 32.6 Å². The summed E-state index contributed by atoms with van der Waals surface area (Å²) in [6.45, 7) is 3.32. The molecule has 1 saturated heterocycles. The average molecular weight is 226 g/mol. The summed E-state index contributed by atoms with van der Waals surface area (Å²) < 4.78 is 0. The van der Waals surface area contributed by atoms with Gasteiger partial charge in [-0.15, -0.1) is 0 Å². The van der Waals surface area contributed by atoms with Crippen LogP contribution in [0, 0.1) is 0 Å². The van der Waals surface area contributed by atoms with Crippen molar-refractivity contribution in [3.63, 3.8) is 0 Å². The van der Waals surface area contributed by atoms with Gasteiger partial charge in [0.05, 0.1) is 0 Å². The van der Waals surface area contributed by atoms with Crippen molar-refractivity contribution in [1.82, 2.24) is 9.97 Å². The lowest BCUT2D eigenvalue weighted by Gasteiger charge is -2.36. The van der Waals surface area contributed by atoms with E-state index in [4.69, 9.17) is 11.6 Å². The molecule has 1 aliphatic heterocycles. The van der Waals surface area contributed by atoms with Crippen molar-refractivity contribution in [2.45, 2.75) is 38.6 Å². The number of hydrogen-bond acceptors (Lipinski definition) is 3. The molecule has 1 aromatic heterocycles. The third kappa shape index (κ3) is 2.40. The van der Waals surface area contributed by atoms with Crippen LogP contribution >= 0.6 is 11.6 Å². The third-order valence-electron chi connectivity index (χ3n) is 3.01. The molecule has 0 aliphatic carbocycles. The van der Waals surface area contributed by atoms with Gasteiger partial charge in [0.2, 0.25) is 0 Å². The summed E-state index contributed by atoms with van der Waals surface area (Å²) in [7, 11) is 0. The molecule has 82 valence electrons. The van der Waals surface area contributed by atoms with E-state index < -0.39 is 0 Å². The predicted molar refractivity (Wildman–Crippen MR) is 62.3 cm³/mol. The minimum absolute atomic E-state index is 0.528. The number of aromatic nitrogens is 2. The molecule has 0 N–H and O–H groups in total. The van der Waals surface area contributed by atoms with Gasteiger partial charge in [-0.2, -0.15) is 0 Å². The second-order valence-corrected chi connectivity index (χ2v) is 4.34. The fraction of sp³-hybridized carbons (Fsp3) is 0.636. The molecule has 0 amide bonds. The normalized spacial score (nSPS) is 21.7. The highest BCUT2D eigenvalue weighted by atomic mass is 35.5. The van der Waals surface area contributed by atoms with E-state index in [0.29, 0.717) is 11.2 Å². The molecule has 3 nitrogen and oxygen atoms in total. The number of halogens is 1. The lowest BCUT2D eigenvalue weighted by Crippen LogP contribution is -2.39. The first-order valence-electron chi connectivity index (χ1n) is 5.55. The first kappa shape index (κ1) is 10.7. The predicted octanol–water partition coefficient (Wildman–Crippen LogP) is 2.90. The van der Waals surface area contributed by atoms with Gasteiger partial charge in [-0.1, -0.05) is 18.5 Å². The Bertz CT molecular complexity index is 329. The summed E-state index contributed by atoms with van der Waals surface area (Å²) in [5, 5.41) is 0.528. The average Bonchev–Trinajstić information content (AvgIpc) is 2.29. The first-order chi connectivity index (χ1) is 7.31.